The Morgan fingerprint density at radius 2 is 1.98 bits per heavy atom. The van der Waals surface area contributed by atoms with Gasteiger partial charge >= 0.3 is 19.4 Å². The molecular weight excluding hydrogens is 553 g/mol. The van der Waals surface area contributed by atoms with Crippen molar-refractivity contribution in [1.82, 2.24) is 19.6 Å². The number of rotatable bonds is 13. The molecule has 0 fully saturated rings. The van der Waals surface area contributed by atoms with Crippen LogP contribution in [0.2, 0.25) is 0 Å². The van der Waals surface area contributed by atoms with Gasteiger partial charge in [0.2, 0.25) is 5.95 Å². The summed E-state index contributed by atoms with van der Waals surface area (Å²) in [6.07, 6.45) is 5.52. The Labute approximate surface area is 237 Å². The lowest BCUT2D eigenvalue weighted by atomic mass is 10.1. The number of nitrogens with one attached hydrogen (secondary N) is 1. The minimum atomic E-state index is -4.09. The molecule has 1 aromatic heterocycles. The van der Waals surface area contributed by atoms with Crippen molar-refractivity contribution in [1.29, 1.82) is 0 Å². The predicted octanol–water partition coefficient (Wildman–Crippen LogP) is 5.05. The number of anilines is 1. The largest absolute Gasteiger partial charge is 0.464 e. The first-order valence-electron chi connectivity index (χ1n) is 13.1. The van der Waals surface area contributed by atoms with Crippen LogP contribution in [0.1, 0.15) is 45.4 Å². The molecule has 1 aliphatic rings. The summed E-state index contributed by atoms with van der Waals surface area (Å²) in [4.78, 5) is 33.3. The van der Waals surface area contributed by atoms with Crippen molar-refractivity contribution >= 4 is 42.2 Å². The van der Waals surface area contributed by atoms with Crippen LogP contribution >= 0.6 is 19.5 Å². The number of carbonyl (C=O) groups excluding carboxylic acids is 1. The molecule has 11 nitrogen and oxygen atoms in total. The number of benzene rings is 2. The van der Waals surface area contributed by atoms with Crippen LogP contribution < -0.4 is 21.0 Å². The van der Waals surface area contributed by atoms with E-state index < -0.39 is 25.4 Å². The Kier molecular flexibility index (Phi) is 10.0. The molecule has 0 aliphatic carbocycles. The van der Waals surface area contributed by atoms with Gasteiger partial charge in [0, 0.05) is 10.3 Å². The minimum Gasteiger partial charge on any atom is -0.464 e. The second kappa shape index (κ2) is 13.5. The van der Waals surface area contributed by atoms with Gasteiger partial charge in [0.1, 0.15) is 18.1 Å². The summed E-state index contributed by atoms with van der Waals surface area (Å²) in [6, 6.07) is 12.0. The zero-order valence-electron chi connectivity index (χ0n) is 22.7. The van der Waals surface area contributed by atoms with E-state index in [0.717, 1.165) is 28.5 Å². The number of nitrogen functional groups attached to an aromatic ring is 1. The Bertz CT molecular complexity index is 1470. The van der Waals surface area contributed by atoms with Crippen LogP contribution in [0.5, 0.6) is 5.75 Å². The second-order valence-corrected chi connectivity index (χ2v) is 12.4. The summed E-state index contributed by atoms with van der Waals surface area (Å²) in [5.74, 6) is -0.0344. The number of nitrogens with zero attached hydrogens (tertiary/aromatic N) is 3. The topological polar surface area (TPSA) is 148 Å². The summed E-state index contributed by atoms with van der Waals surface area (Å²) in [6.45, 7) is 5.86. The molecule has 2 heterocycles. The average molecular weight is 588 g/mol. The number of carbonyl (C=O) groups is 1. The van der Waals surface area contributed by atoms with E-state index in [4.69, 9.17) is 19.5 Å². The van der Waals surface area contributed by atoms with Gasteiger partial charge in [-0.1, -0.05) is 69.2 Å². The van der Waals surface area contributed by atoms with Crippen molar-refractivity contribution in [2.24, 2.45) is 5.92 Å². The first kappa shape index (κ1) is 29.8. The Hall–Kier alpha value is -3.18. The SMILES string of the molecule is CCC(CC)COC(=O)[C@H](C)NP(=O)(OCC1=CC[C@H](n2cnc(N)nc2=O)S1)Oc1cccc2ccccc12. The van der Waals surface area contributed by atoms with Gasteiger partial charge in [-0.2, -0.15) is 10.1 Å². The fourth-order valence-electron chi connectivity index (χ4n) is 4.10. The molecule has 214 valence electrons. The van der Waals surface area contributed by atoms with Crippen molar-refractivity contribution in [2.45, 2.75) is 51.4 Å². The van der Waals surface area contributed by atoms with E-state index in [2.05, 4.69) is 15.1 Å². The van der Waals surface area contributed by atoms with E-state index in [1.165, 1.54) is 22.7 Å². The number of thioether (sulfide) groups is 1. The molecule has 1 aliphatic heterocycles. The minimum absolute atomic E-state index is 0.0731. The van der Waals surface area contributed by atoms with E-state index >= 15 is 0 Å². The molecule has 0 spiro atoms. The average Bonchev–Trinajstić information content (AvgIpc) is 3.41. The van der Waals surface area contributed by atoms with Gasteiger partial charge in [-0.15, -0.1) is 11.8 Å². The highest BCUT2D eigenvalue weighted by atomic mass is 32.2. The van der Waals surface area contributed by atoms with Crippen LogP contribution in [0.3, 0.4) is 0 Å². The van der Waals surface area contributed by atoms with Crippen molar-refractivity contribution in [3.05, 3.63) is 70.3 Å². The van der Waals surface area contributed by atoms with Crippen LogP contribution in [-0.4, -0.2) is 39.8 Å². The zero-order valence-corrected chi connectivity index (χ0v) is 24.4. The molecule has 3 atom stereocenters. The molecule has 0 amide bonds. The standard InChI is InChI=1S/C27H34N5O6PS/c1-4-19(5-2)15-36-25(33)18(3)31-39(35,38-23-12-8-10-20-9-6-7-11-22(20)23)37-16-21-13-14-24(40-21)32-17-29-26(28)30-27(32)34/h6-13,17-19,24H,4-5,14-16H2,1-3H3,(H,31,35)(H2,28,30,34)/t18-,24+,39?/m0/s1. The second-order valence-electron chi connectivity index (χ2n) is 9.39. The highest BCUT2D eigenvalue weighted by Gasteiger charge is 2.34. The number of nitrogens with two attached hydrogens (primary N) is 1. The predicted molar refractivity (Wildman–Crippen MR) is 156 cm³/mol. The lowest BCUT2D eigenvalue weighted by Gasteiger charge is -2.24. The first-order valence-corrected chi connectivity index (χ1v) is 15.6. The van der Waals surface area contributed by atoms with Crippen LogP contribution in [0.4, 0.5) is 5.95 Å². The Morgan fingerprint density at radius 3 is 2.73 bits per heavy atom. The summed E-state index contributed by atoms with van der Waals surface area (Å²) in [7, 11) is -4.09. The smallest absolute Gasteiger partial charge is 0.459 e. The van der Waals surface area contributed by atoms with Gasteiger partial charge < -0.3 is 15.0 Å². The molecule has 0 saturated carbocycles. The van der Waals surface area contributed by atoms with Crippen LogP contribution in [0.25, 0.3) is 10.8 Å². The molecule has 1 unspecified atom stereocenters. The third-order valence-electron chi connectivity index (χ3n) is 6.56. The zero-order chi connectivity index (χ0) is 28.7. The summed E-state index contributed by atoms with van der Waals surface area (Å²) in [5.41, 5.74) is 4.99. The monoisotopic (exact) mass is 587 g/mol. The number of allylic oxidation sites excluding steroid dienone is 1. The molecule has 0 saturated heterocycles. The lowest BCUT2D eigenvalue weighted by molar-refractivity contribution is -0.146. The van der Waals surface area contributed by atoms with Crippen molar-refractivity contribution in [3.63, 3.8) is 0 Å². The molecule has 0 radical (unpaired) electrons. The highest BCUT2D eigenvalue weighted by Crippen LogP contribution is 2.49. The Morgan fingerprint density at radius 1 is 1.23 bits per heavy atom. The number of esters is 1. The molecule has 4 rings (SSSR count). The number of fused-ring (bicyclic) bond motifs is 1. The number of ether oxygens (including phenoxy) is 1. The quantitative estimate of drug-likeness (QED) is 0.204. The maximum absolute atomic E-state index is 14.1. The van der Waals surface area contributed by atoms with Gasteiger partial charge in [-0.3, -0.25) is 13.9 Å². The molecule has 3 aromatic rings. The molecular formula is C27H34N5O6PS. The summed E-state index contributed by atoms with van der Waals surface area (Å²) < 4.78 is 32.8. The van der Waals surface area contributed by atoms with E-state index in [1.54, 1.807) is 19.1 Å². The maximum atomic E-state index is 14.1. The Balaban J connectivity index is 1.49. The van der Waals surface area contributed by atoms with E-state index in [1.807, 2.05) is 50.3 Å². The fraction of sp³-hybridized carbons (Fsp3) is 0.407. The third kappa shape index (κ3) is 7.51. The molecule has 3 N–H and O–H groups in total. The maximum Gasteiger partial charge on any atom is 0.459 e. The van der Waals surface area contributed by atoms with Gasteiger partial charge in [0.05, 0.1) is 18.6 Å². The van der Waals surface area contributed by atoms with Crippen LogP contribution in [0.15, 0.2) is 64.6 Å². The summed E-state index contributed by atoms with van der Waals surface area (Å²) in [5, 5.41) is 4.11. The van der Waals surface area contributed by atoms with Gasteiger partial charge in [0.25, 0.3) is 0 Å². The summed E-state index contributed by atoms with van der Waals surface area (Å²) >= 11 is 1.36. The lowest BCUT2D eigenvalue weighted by Crippen LogP contribution is -2.36. The van der Waals surface area contributed by atoms with Gasteiger partial charge in [-0.05, 0) is 30.7 Å². The molecule has 2 aromatic carbocycles. The highest BCUT2D eigenvalue weighted by molar-refractivity contribution is 8.03. The molecule has 13 heteroatoms. The van der Waals surface area contributed by atoms with E-state index in [9.17, 15) is 14.2 Å². The van der Waals surface area contributed by atoms with Gasteiger partial charge in [0.15, 0.2) is 0 Å². The van der Waals surface area contributed by atoms with Gasteiger partial charge in [-0.25, -0.2) is 14.3 Å². The molecule has 0 bridgehead atoms. The number of hydrogen-bond donors (Lipinski definition) is 2. The number of hydrogen-bond acceptors (Lipinski definition) is 10. The van der Waals surface area contributed by atoms with Crippen molar-refractivity contribution < 1.29 is 23.1 Å². The van der Waals surface area contributed by atoms with Crippen molar-refractivity contribution in [3.8, 4) is 5.75 Å². The third-order valence-corrected chi connectivity index (χ3v) is 9.45. The van der Waals surface area contributed by atoms with E-state index in [-0.39, 0.29) is 30.5 Å². The first-order chi connectivity index (χ1) is 19.2. The fourth-order valence-corrected chi connectivity index (χ4v) is 6.80. The molecule has 40 heavy (non-hydrogen) atoms. The normalized spacial score (nSPS) is 17.4. The number of aromatic nitrogens is 3. The van der Waals surface area contributed by atoms with E-state index in [0.29, 0.717) is 12.2 Å². The van der Waals surface area contributed by atoms with Crippen LogP contribution in [-0.2, 0) is 18.6 Å². The van der Waals surface area contributed by atoms with Crippen molar-refractivity contribution in [2.75, 3.05) is 18.9 Å². The van der Waals surface area contributed by atoms with Crippen LogP contribution in [0, 0.1) is 5.92 Å².